The number of hydrogen-bond donors (Lipinski definition) is 2. The van der Waals surface area contributed by atoms with E-state index in [1.165, 1.54) is 16.0 Å². The summed E-state index contributed by atoms with van der Waals surface area (Å²) in [6.45, 7) is 6.53. The number of imide groups is 1. The van der Waals surface area contributed by atoms with Gasteiger partial charge in [0, 0.05) is 24.3 Å². The number of rotatable bonds is 9. The molecule has 0 bridgehead atoms. The second kappa shape index (κ2) is 13.0. The third-order valence-electron chi connectivity index (χ3n) is 8.61. The van der Waals surface area contributed by atoms with E-state index in [0.29, 0.717) is 42.3 Å². The lowest BCUT2D eigenvalue weighted by Crippen LogP contribution is -2.54. The number of fused-ring (bicyclic) bond motifs is 3. The average Bonchev–Trinajstić information content (AvgIpc) is 3.23. The Morgan fingerprint density at radius 1 is 0.952 bits per heavy atom. The predicted octanol–water partition coefficient (Wildman–Crippen LogP) is 5.80. The number of benzene rings is 2. The summed E-state index contributed by atoms with van der Waals surface area (Å²) in [5, 5.41) is 26.3. The Labute approximate surface area is 247 Å². The summed E-state index contributed by atoms with van der Waals surface area (Å²) >= 11 is 0. The van der Waals surface area contributed by atoms with E-state index < -0.39 is 30.0 Å². The van der Waals surface area contributed by atoms with Crippen molar-refractivity contribution >= 4 is 23.2 Å². The number of carbonyl (C=O) groups is 2. The van der Waals surface area contributed by atoms with Crippen LogP contribution in [0.25, 0.3) is 0 Å². The molecule has 2 N–H and O–H groups in total. The fourth-order valence-corrected chi connectivity index (χ4v) is 6.53. The first-order chi connectivity index (χ1) is 20.2. The van der Waals surface area contributed by atoms with Gasteiger partial charge in [-0.2, -0.15) is 0 Å². The quantitative estimate of drug-likeness (QED) is 0.170. The Balaban J connectivity index is 1.31. The highest BCUT2D eigenvalue weighted by Gasteiger charge is 2.60. The van der Waals surface area contributed by atoms with E-state index in [1.54, 1.807) is 24.3 Å². The van der Waals surface area contributed by atoms with Crippen molar-refractivity contribution in [1.82, 2.24) is 0 Å². The molecule has 0 spiro atoms. The van der Waals surface area contributed by atoms with Gasteiger partial charge in [-0.15, -0.1) is 0 Å². The number of allylic oxidation sites excluding steroid dienone is 3. The molecule has 2 aliphatic carbocycles. The van der Waals surface area contributed by atoms with Crippen LogP contribution in [0.4, 0.5) is 5.69 Å². The number of aliphatic hydroxyl groups excluding tert-OH is 2. The summed E-state index contributed by atoms with van der Waals surface area (Å²) < 4.78 is 5.93. The number of hydrogen-bond acceptors (Lipinski definition) is 7. The van der Waals surface area contributed by atoms with Crippen LogP contribution in [0.15, 0.2) is 83.1 Å². The van der Waals surface area contributed by atoms with Crippen molar-refractivity contribution in [3.05, 3.63) is 77.9 Å². The van der Waals surface area contributed by atoms with Crippen molar-refractivity contribution in [2.45, 2.75) is 65.1 Å². The SMILES string of the molecule is CC(C)=CCCC(C)=CCON=C1C[C@@H](O)[C@@H](O)[C@@H]2[C@@H]3C(=O)N(c4cccc(Oc5ccccc5)c4)C(=O)[C@@H]3CC[C@H]12. The van der Waals surface area contributed by atoms with Crippen LogP contribution in [-0.4, -0.2) is 46.6 Å². The molecule has 0 radical (unpaired) electrons. The van der Waals surface area contributed by atoms with E-state index in [4.69, 9.17) is 9.57 Å². The van der Waals surface area contributed by atoms with Crippen LogP contribution >= 0.6 is 0 Å². The second-order valence-corrected chi connectivity index (χ2v) is 11.8. The fraction of sp³-hybridized carbons (Fsp3) is 0.441. The Morgan fingerprint density at radius 3 is 2.45 bits per heavy atom. The molecule has 2 saturated carbocycles. The van der Waals surface area contributed by atoms with Crippen molar-refractivity contribution in [1.29, 1.82) is 0 Å². The molecule has 1 aliphatic heterocycles. The van der Waals surface area contributed by atoms with Gasteiger partial charge in [0.25, 0.3) is 0 Å². The number of carbonyl (C=O) groups excluding carboxylic acids is 2. The summed E-state index contributed by atoms with van der Waals surface area (Å²) in [5.74, 6) is -1.68. The molecular formula is C34H40N2O6. The topological polar surface area (TPSA) is 109 Å². The van der Waals surface area contributed by atoms with Crippen LogP contribution in [-0.2, 0) is 14.4 Å². The van der Waals surface area contributed by atoms with E-state index in [0.717, 1.165) is 12.8 Å². The highest BCUT2D eigenvalue weighted by Crippen LogP contribution is 2.50. The van der Waals surface area contributed by atoms with Crippen molar-refractivity contribution in [2.75, 3.05) is 11.5 Å². The molecule has 0 unspecified atom stereocenters. The predicted molar refractivity (Wildman–Crippen MR) is 161 cm³/mol. The van der Waals surface area contributed by atoms with Crippen molar-refractivity contribution in [3.8, 4) is 11.5 Å². The first kappa shape index (κ1) is 29.7. The van der Waals surface area contributed by atoms with Gasteiger partial charge in [0.15, 0.2) is 0 Å². The van der Waals surface area contributed by atoms with Gasteiger partial charge in [-0.1, -0.05) is 46.6 Å². The van der Waals surface area contributed by atoms with Crippen molar-refractivity contribution in [2.24, 2.45) is 28.8 Å². The number of ether oxygens (including phenoxy) is 1. The highest BCUT2D eigenvalue weighted by atomic mass is 16.6. The number of anilines is 1. The maximum Gasteiger partial charge on any atom is 0.238 e. The molecule has 3 fully saturated rings. The van der Waals surface area contributed by atoms with Gasteiger partial charge in [-0.25, -0.2) is 4.90 Å². The minimum absolute atomic E-state index is 0.174. The number of oxime groups is 1. The monoisotopic (exact) mass is 572 g/mol. The Kier molecular flexibility index (Phi) is 9.24. The summed E-state index contributed by atoms with van der Waals surface area (Å²) in [6.07, 6.45) is 5.15. The minimum Gasteiger partial charge on any atom is -0.457 e. The smallest absolute Gasteiger partial charge is 0.238 e. The number of aliphatic hydroxyl groups is 2. The number of nitrogens with zero attached hydrogens (tertiary/aromatic N) is 2. The zero-order chi connectivity index (χ0) is 29.8. The molecule has 3 aliphatic rings. The lowest BCUT2D eigenvalue weighted by atomic mass is 9.60. The van der Waals surface area contributed by atoms with Crippen LogP contribution < -0.4 is 9.64 Å². The zero-order valence-electron chi connectivity index (χ0n) is 24.5. The molecule has 2 amide bonds. The molecule has 0 aromatic heterocycles. The Bertz CT molecular complexity index is 1380. The molecule has 5 rings (SSSR count). The third-order valence-corrected chi connectivity index (χ3v) is 8.61. The van der Waals surface area contributed by atoms with Gasteiger partial charge in [-0.05, 0) is 76.8 Å². The minimum atomic E-state index is -1.14. The van der Waals surface area contributed by atoms with Gasteiger partial charge in [0.1, 0.15) is 18.1 Å². The number of amides is 2. The lowest BCUT2D eigenvalue weighted by Gasteiger charge is -2.45. The zero-order valence-corrected chi connectivity index (χ0v) is 24.5. The molecule has 42 heavy (non-hydrogen) atoms. The molecule has 2 aromatic carbocycles. The molecule has 2 aromatic rings. The highest BCUT2D eigenvalue weighted by molar-refractivity contribution is 6.22. The molecule has 8 heteroatoms. The third kappa shape index (κ3) is 6.35. The van der Waals surface area contributed by atoms with Crippen LogP contribution in [0.5, 0.6) is 11.5 Å². The van der Waals surface area contributed by atoms with Gasteiger partial charge in [0.2, 0.25) is 11.8 Å². The van der Waals surface area contributed by atoms with Gasteiger partial charge >= 0.3 is 0 Å². The molecule has 1 heterocycles. The fourth-order valence-electron chi connectivity index (χ4n) is 6.53. The number of para-hydroxylation sites is 1. The van der Waals surface area contributed by atoms with E-state index in [-0.39, 0.29) is 24.2 Å². The van der Waals surface area contributed by atoms with Crippen LogP contribution in [0.2, 0.25) is 0 Å². The van der Waals surface area contributed by atoms with E-state index >= 15 is 0 Å². The Hall–Kier alpha value is -3.75. The summed E-state index contributed by atoms with van der Waals surface area (Å²) in [4.78, 5) is 34.4. The van der Waals surface area contributed by atoms with E-state index in [2.05, 4.69) is 32.0 Å². The van der Waals surface area contributed by atoms with E-state index in [1.807, 2.05) is 36.4 Å². The van der Waals surface area contributed by atoms with Gasteiger partial charge < -0.3 is 19.8 Å². The van der Waals surface area contributed by atoms with E-state index in [9.17, 15) is 19.8 Å². The first-order valence-electron chi connectivity index (χ1n) is 14.8. The molecular weight excluding hydrogens is 532 g/mol. The van der Waals surface area contributed by atoms with Crippen LogP contribution in [0, 0.1) is 23.7 Å². The van der Waals surface area contributed by atoms with Crippen LogP contribution in [0.1, 0.15) is 52.9 Å². The first-order valence-corrected chi connectivity index (χ1v) is 14.8. The molecule has 1 saturated heterocycles. The standard InChI is InChI=1S/C34H40N2O6/c1-21(2)9-7-10-22(3)17-18-41-35-28-20-29(37)32(38)30-26(28)15-16-27-31(30)34(40)36(33(27)39)23-11-8-14-25(19-23)42-24-12-5-4-6-13-24/h4-6,8-9,11-14,17,19,26-27,29-32,37-38H,7,10,15-16,18,20H2,1-3H3/t26-,27-,29-,30+,31-,32-/m1/s1. The normalized spacial score (nSPS) is 28.4. The maximum atomic E-state index is 13.9. The molecule has 222 valence electrons. The van der Waals surface area contributed by atoms with Crippen LogP contribution in [0.3, 0.4) is 0 Å². The van der Waals surface area contributed by atoms with Gasteiger partial charge in [0.05, 0.1) is 35.4 Å². The summed E-state index contributed by atoms with van der Waals surface area (Å²) in [6, 6.07) is 16.2. The second-order valence-electron chi connectivity index (χ2n) is 11.8. The Morgan fingerprint density at radius 2 is 1.69 bits per heavy atom. The lowest BCUT2D eigenvalue weighted by molar-refractivity contribution is -0.132. The van der Waals surface area contributed by atoms with Crippen molar-refractivity contribution < 1.29 is 29.4 Å². The molecule has 8 nitrogen and oxygen atoms in total. The maximum absolute atomic E-state index is 13.9. The van der Waals surface area contributed by atoms with Gasteiger partial charge in [-0.3, -0.25) is 9.59 Å². The summed E-state index contributed by atoms with van der Waals surface area (Å²) in [5.41, 5.74) is 3.57. The van der Waals surface area contributed by atoms with Crippen molar-refractivity contribution in [3.63, 3.8) is 0 Å². The summed E-state index contributed by atoms with van der Waals surface area (Å²) in [7, 11) is 0. The molecule has 6 atom stereocenters. The average molecular weight is 573 g/mol. The largest absolute Gasteiger partial charge is 0.457 e.